The molecule has 2 unspecified atom stereocenters. The van der Waals surface area contributed by atoms with Crippen molar-refractivity contribution in [3.05, 3.63) is 28.0 Å². The van der Waals surface area contributed by atoms with Crippen LogP contribution in [0.4, 0.5) is 23.5 Å². The Hall–Kier alpha value is -3.04. The van der Waals surface area contributed by atoms with Crippen LogP contribution in [-0.4, -0.2) is 148 Å². The lowest BCUT2D eigenvalue weighted by atomic mass is 10.1. The van der Waals surface area contributed by atoms with Crippen molar-refractivity contribution < 1.29 is 33.2 Å². The van der Waals surface area contributed by atoms with E-state index in [2.05, 4.69) is 26.8 Å². The van der Waals surface area contributed by atoms with Crippen molar-refractivity contribution in [3.63, 3.8) is 0 Å². The number of fused-ring (bicyclic) bond motifs is 2. The lowest BCUT2D eigenvalue weighted by molar-refractivity contribution is 0.0225. The van der Waals surface area contributed by atoms with Crippen molar-refractivity contribution in [1.82, 2.24) is 24.9 Å². The largest absolute Gasteiger partial charge is 0.454 e. The highest BCUT2D eigenvalue weighted by molar-refractivity contribution is 7.92. The van der Waals surface area contributed by atoms with Crippen molar-refractivity contribution in [3.8, 4) is 0 Å². The zero-order valence-corrected chi connectivity index (χ0v) is 32.5. The maximum Gasteiger partial charge on any atom is 0.358 e. The molecule has 4 saturated heterocycles. The Bertz CT molecular complexity index is 1750. The van der Waals surface area contributed by atoms with Gasteiger partial charge in [0, 0.05) is 83.9 Å². The van der Waals surface area contributed by atoms with E-state index < -0.39 is 22.4 Å². The second-order valence-corrected chi connectivity index (χ2v) is 18.0. The molecule has 0 amide bonds. The number of β-amino-alcohol motifs (C(OH)–C–C–N with tert-alkyl or cyclic N) is 1. The summed E-state index contributed by atoms with van der Waals surface area (Å²) in [6, 6.07) is 0.724. The second kappa shape index (κ2) is 16.0. The van der Waals surface area contributed by atoms with Crippen molar-refractivity contribution in [2.45, 2.75) is 72.6 Å². The summed E-state index contributed by atoms with van der Waals surface area (Å²) in [6.45, 7) is 5.33. The summed E-state index contributed by atoms with van der Waals surface area (Å²) in [5.74, 6) is 4.07. The molecule has 2 atom stereocenters. The molecule has 6 aliphatic rings. The number of carbonyl (C=O) groups is 1. The zero-order valence-electron chi connectivity index (χ0n) is 30.0. The molecular formula is C34H47N9O7S3+2. The summed E-state index contributed by atoms with van der Waals surface area (Å²) in [5, 5.41) is 11.2. The number of hydrogen-bond acceptors (Lipinski definition) is 17. The number of nitrogens with zero attached hydrogens (tertiary/aromatic N) is 9. The lowest BCUT2D eigenvalue weighted by Crippen LogP contribution is -2.54. The SMILES string of the molecule is CN(c1nc(N2CC(O)C2)nc2c1[S+](O)CC2)C1CCOCC1.CN(c1nc(N2CC(OC(=O)c3cscn3)C2)nc2c1[S+](O)CC2)C1CCOCC1. The molecule has 0 aliphatic carbocycles. The van der Waals surface area contributed by atoms with Crippen LogP contribution in [0.5, 0.6) is 0 Å². The standard InChI is InChI=1S/C19H24N5O4S2.C15H23N4O3S/c1-23(12-2-5-27-6-3-12)17-16-14(4-7-30(16)26)21-19(22-17)24-8-13(9-24)28-18(25)15-10-29-11-20-15;1-18(10-2-5-22-6-3-10)14-13-12(4-7-23(13)21)16-15(17-14)19-8-11(20)9-19/h10-13,26H,2-9H2,1H3;10-11,20-21H,2-9H2,1H3/q2*+1. The summed E-state index contributed by atoms with van der Waals surface area (Å²) in [5.41, 5.74) is 3.87. The molecule has 0 bridgehead atoms. The highest BCUT2D eigenvalue weighted by atomic mass is 32.2. The number of carbonyl (C=O) groups excluding carboxylic acids is 1. The van der Waals surface area contributed by atoms with E-state index in [0.29, 0.717) is 61.6 Å². The number of aromatic nitrogens is 5. The van der Waals surface area contributed by atoms with E-state index >= 15 is 0 Å². The molecule has 0 radical (unpaired) electrons. The van der Waals surface area contributed by atoms with Gasteiger partial charge in [0.25, 0.3) is 9.79 Å². The van der Waals surface area contributed by atoms with Gasteiger partial charge in [0.05, 0.1) is 24.7 Å². The molecule has 9 rings (SSSR count). The molecule has 286 valence electrons. The van der Waals surface area contributed by atoms with E-state index in [-0.39, 0.29) is 18.2 Å². The van der Waals surface area contributed by atoms with Gasteiger partial charge in [-0.2, -0.15) is 19.1 Å². The molecule has 19 heteroatoms. The summed E-state index contributed by atoms with van der Waals surface area (Å²) in [6.07, 6.45) is 4.93. The van der Waals surface area contributed by atoms with Gasteiger partial charge in [-0.05, 0) is 25.7 Å². The Morgan fingerprint density at radius 2 is 1.30 bits per heavy atom. The summed E-state index contributed by atoms with van der Waals surface area (Å²) >= 11 is -0.205. The van der Waals surface area contributed by atoms with Crippen LogP contribution >= 0.6 is 11.3 Å². The first-order chi connectivity index (χ1) is 25.7. The van der Waals surface area contributed by atoms with Crippen LogP contribution in [0, 0.1) is 0 Å². The summed E-state index contributed by atoms with van der Waals surface area (Å²) in [4.78, 5) is 45.3. The summed E-state index contributed by atoms with van der Waals surface area (Å²) < 4.78 is 37.4. The average molecular weight is 790 g/mol. The van der Waals surface area contributed by atoms with Crippen molar-refractivity contribution in [1.29, 1.82) is 0 Å². The van der Waals surface area contributed by atoms with Gasteiger partial charge < -0.3 is 38.9 Å². The molecule has 0 aromatic carbocycles. The minimum absolute atomic E-state index is 0.194. The van der Waals surface area contributed by atoms with Crippen molar-refractivity contribution in [2.24, 2.45) is 0 Å². The minimum Gasteiger partial charge on any atom is -0.454 e. The predicted molar refractivity (Wildman–Crippen MR) is 204 cm³/mol. The predicted octanol–water partition coefficient (Wildman–Crippen LogP) is 1.88. The highest BCUT2D eigenvalue weighted by Crippen LogP contribution is 2.38. The monoisotopic (exact) mass is 789 g/mol. The van der Waals surface area contributed by atoms with Gasteiger partial charge in [0.15, 0.2) is 51.2 Å². The Morgan fingerprint density at radius 3 is 1.75 bits per heavy atom. The van der Waals surface area contributed by atoms with E-state index in [1.807, 2.05) is 16.8 Å². The fraction of sp³-hybridized carbons (Fsp3) is 0.647. The first-order valence-corrected chi connectivity index (χ1v) is 21.9. The average Bonchev–Trinajstić information content (AvgIpc) is 3.92. The lowest BCUT2D eigenvalue weighted by Gasteiger charge is -2.39. The van der Waals surface area contributed by atoms with Gasteiger partial charge in [-0.15, -0.1) is 11.3 Å². The van der Waals surface area contributed by atoms with Crippen LogP contribution in [0.1, 0.15) is 47.6 Å². The maximum atomic E-state index is 12.1. The molecule has 3 aromatic heterocycles. The maximum absolute atomic E-state index is 12.1. The third-order valence-electron chi connectivity index (χ3n) is 10.7. The van der Waals surface area contributed by atoms with Crippen LogP contribution in [0.2, 0.25) is 0 Å². The summed E-state index contributed by atoms with van der Waals surface area (Å²) in [7, 11) is 4.11. The number of aryl methyl sites for hydroxylation is 2. The van der Waals surface area contributed by atoms with E-state index in [1.165, 1.54) is 11.3 Å². The fourth-order valence-corrected chi connectivity index (χ4v) is 10.8. The van der Waals surface area contributed by atoms with Gasteiger partial charge >= 0.3 is 5.97 Å². The molecule has 16 nitrogen and oxygen atoms in total. The number of aliphatic hydroxyl groups excluding tert-OH is 1. The Labute approximate surface area is 318 Å². The van der Waals surface area contributed by atoms with E-state index in [0.717, 1.165) is 104 Å². The van der Waals surface area contributed by atoms with Crippen LogP contribution in [-0.2, 0) is 49.4 Å². The molecule has 4 fully saturated rings. The number of thiazole rings is 1. The van der Waals surface area contributed by atoms with Gasteiger partial charge in [-0.25, -0.2) is 19.7 Å². The van der Waals surface area contributed by atoms with Gasteiger partial charge in [-0.3, -0.25) is 0 Å². The minimum atomic E-state index is -0.814. The number of hydrogen-bond donors (Lipinski definition) is 3. The van der Waals surface area contributed by atoms with Crippen LogP contribution < -0.4 is 19.6 Å². The molecule has 3 aromatic rings. The third-order valence-corrected chi connectivity index (χ3v) is 14.2. The van der Waals surface area contributed by atoms with Crippen LogP contribution in [0.15, 0.2) is 20.7 Å². The van der Waals surface area contributed by atoms with Crippen molar-refractivity contribution in [2.75, 3.05) is 97.8 Å². The number of rotatable bonds is 8. The number of aliphatic hydroxyl groups is 1. The topological polar surface area (TPSA) is 183 Å². The van der Waals surface area contributed by atoms with Crippen LogP contribution in [0.25, 0.3) is 0 Å². The Balaban J connectivity index is 0.000000156. The molecule has 53 heavy (non-hydrogen) atoms. The zero-order chi connectivity index (χ0) is 36.6. The van der Waals surface area contributed by atoms with Crippen LogP contribution in [0.3, 0.4) is 0 Å². The molecule has 9 heterocycles. The Morgan fingerprint density at radius 1 is 0.811 bits per heavy atom. The van der Waals surface area contributed by atoms with Gasteiger partial charge in [-0.1, -0.05) is 0 Å². The molecule has 6 aliphatic heterocycles. The number of ether oxygens (including phenoxy) is 3. The van der Waals surface area contributed by atoms with Crippen molar-refractivity contribution >= 4 is 63.2 Å². The third kappa shape index (κ3) is 7.76. The molecule has 3 N–H and O–H groups in total. The molecule has 0 saturated carbocycles. The van der Waals surface area contributed by atoms with Gasteiger partial charge in [0.1, 0.15) is 17.5 Å². The Kier molecular flexibility index (Phi) is 11.1. The quantitative estimate of drug-likeness (QED) is 0.222. The molecular weight excluding hydrogens is 743 g/mol. The first kappa shape index (κ1) is 36.9. The normalized spacial score (nSPS) is 23.4. The smallest absolute Gasteiger partial charge is 0.358 e. The van der Waals surface area contributed by atoms with E-state index in [4.69, 9.17) is 29.2 Å². The van der Waals surface area contributed by atoms with E-state index in [9.17, 15) is 19.0 Å². The van der Waals surface area contributed by atoms with E-state index in [1.54, 1.807) is 10.9 Å². The fourth-order valence-electron chi connectivity index (χ4n) is 7.43. The van der Waals surface area contributed by atoms with Gasteiger partial charge in [0.2, 0.25) is 11.9 Å². The number of esters is 1. The second-order valence-electron chi connectivity index (χ2n) is 14.2. The number of anilines is 4. The first-order valence-electron chi connectivity index (χ1n) is 18.2. The molecule has 0 spiro atoms. The highest BCUT2D eigenvalue weighted by Gasteiger charge is 2.43.